The fourth-order valence-corrected chi connectivity index (χ4v) is 2.11. The lowest BCUT2D eigenvalue weighted by Crippen LogP contribution is -2.04. The summed E-state index contributed by atoms with van der Waals surface area (Å²) in [6.45, 7) is 0.244. The zero-order valence-corrected chi connectivity index (χ0v) is 10.4. The Labute approximate surface area is 113 Å². The molecule has 2 nitrogen and oxygen atoms in total. The first-order valence-corrected chi connectivity index (χ1v) is 6.08. The van der Waals surface area contributed by atoms with E-state index in [1.165, 1.54) is 0 Å². The van der Waals surface area contributed by atoms with Crippen LogP contribution in [0.4, 0.5) is 18.9 Å². The van der Waals surface area contributed by atoms with Crippen molar-refractivity contribution >= 4 is 16.6 Å². The fourth-order valence-electron chi connectivity index (χ4n) is 2.11. The maximum atomic E-state index is 13.5. The molecule has 5 heteroatoms. The van der Waals surface area contributed by atoms with Crippen LogP contribution < -0.4 is 5.32 Å². The highest BCUT2D eigenvalue weighted by Crippen LogP contribution is 2.21. The molecule has 0 saturated heterocycles. The molecule has 1 aromatic heterocycles. The predicted molar refractivity (Wildman–Crippen MR) is 71.9 cm³/mol. The van der Waals surface area contributed by atoms with E-state index in [4.69, 9.17) is 0 Å². The predicted octanol–water partition coefficient (Wildman–Crippen LogP) is 4.20. The summed E-state index contributed by atoms with van der Waals surface area (Å²) < 4.78 is 39.7. The van der Waals surface area contributed by atoms with Crippen molar-refractivity contribution < 1.29 is 13.2 Å². The van der Waals surface area contributed by atoms with E-state index in [1.807, 2.05) is 30.5 Å². The number of aromatic amines is 1. The van der Waals surface area contributed by atoms with E-state index in [0.29, 0.717) is 12.1 Å². The fraction of sp³-hybridized carbons (Fsp3) is 0.0667. The molecule has 102 valence electrons. The molecule has 0 bridgehead atoms. The normalized spacial score (nSPS) is 10.9. The van der Waals surface area contributed by atoms with Crippen LogP contribution in [0.25, 0.3) is 10.9 Å². The van der Waals surface area contributed by atoms with Crippen LogP contribution >= 0.6 is 0 Å². The molecule has 0 saturated carbocycles. The smallest absolute Gasteiger partial charge is 0.152 e. The number of rotatable bonds is 3. The molecular formula is C15H11F3N2. The first-order valence-electron chi connectivity index (χ1n) is 6.08. The Morgan fingerprint density at radius 2 is 1.70 bits per heavy atom. The van der Waals surface area contributed by atoms with Crippen LogP contribution in [0.5, 0.6) is 0 Å². The molecule has 0 fully saturated rings. The Balaban J connectivity index is 1.82. The van der Waals surface area contributed by atoms with E-state index < -0.39 is 17.5 Å². The van der Waals surface area contributed by atoms with Gasteiger partial charge in [-0.2, -0.15) is 0 Å². The topological polar surface area (TPSA) is 27.8 Å². The summed E-state index contributed by atoms with van der Waals surface area (Å²) in [5.74, 6) is -2.81. The summed E-state index contributed by atoms with van der Waals surface area (Å²) in [7, 11) is 0. The molecule has 2 aromatic carbocycles. The number of benzene rings is 2. The van der Waals surface area contributed by atoms with Gasteiger partial charge in [0.15, 0.2) is 11.6 Å². The number of H-pyrrole nitrogens is 1. The third-order valence-corrected chi connectivity index (χ3v) is 3.10. The van der Waals surface area contributed by atoms with Gasteiger partial charge < -0.3 is 10.3 Å². The average Bonchev–Trinajstić information content (AvgIpc) is 2.84. The molecule has 1 heterocycles. The first-order chi connectivity index (χ1) is 9.63. The maximum absolute atomic E-state index is 13.5. The first kappa shape index (κ1) is 12.6. The van der Waals surface area contributed by atoms with Crippen LogP contribution in [-0.2, 0) is 6.54 Å². The van der Waals surface area contributed by atoms with Gasteiger partial charge in [-0.15, -0.1) is 0 Å². The van der Waals surface area contributed by atoms with Gasteiger partial charge in [-0.05, 0) is 23.1 Å². The van der Waals surface area contributed by atoms with Gasteiger partial charge in [0, 0.05) is 30.4 Å². The monoisotopic (exact) mass is 276 g/mol. The van der Waals surface area contributed by atoms with E-state index in [2.05, 4.69) is 10.3 Å². The van der Waals surface area contributed by atoms with E-state index in [-0.39, 0.29) is 12.2 Å². The summed E-state index contributed by atoms with van der Waals surface area (Å²) in [5.41, 5.74) is 1.49. The SMILES string of the molecule is Fc1cc(F)c(NCc2ccc3cc[nH]c3c2)c(F)c1. The Kier molecular flexibility index (Phi) is 3.10. The lowest BCUT2D eigenvalue weighted by molar-refractivity contribution is 0.547. The minimum atomic E-state index is -0.941. The molecule has 0 atom stereocenters. The summed E-state index contributed by atoms with van der Waals surface area (Å²) >= 11 is 0. The minimum Gasteiger partial charge on any atom is -0.376 e. The number of halogens is 3. The Bertz CT molecular complexity index is 742. The molecule has 0 spiro atoms. The van der Waals surface area contributed by atoms with E-state index >= 15 is 0 Å². The van der Waals surface area contributed by atoms with Crippen LogP contribution in [0.15, 0.2) is 42.6 Å². The van der Waals surface area contributed by atoms with Crippen molar-refractivity contribution in [2.45, 2.75) is 6.54 Å². The highest BCUT2D eigenvalue weighted by Gasteiger charge is 2.11. The van der Waals surface area contributed by atoms with E-state index in [9.17, 15) is 13.2 Å². The molecule has 0 amide bonds. The third-order valence-electron chi connectivity index (χ3n) is 3.10. The van der Waals surface area contributed by atoms with Gasteiger partial charge in [0.05, 0.1) is 0 Å². The third kappa shape index (κ3) is 2.34. The van der Waals surface area contributed by atoms with Crippen molar-refractivity contribution in [1.82, 2.24) is 4.98 Å². The van der Waals surface area contributed by atoms with Gasteiger partial charge in [-0.25, -0.2) is 13.2 Å². The van der Waals surface area contributed by atoms with Gasteiger partial charge in [0.2, 0.25) is 0 Å². The largest absolute Gasteiger partial charge is 0.376 e. The minimum absolute atomic E-state index is 0.244. The quantitative estimate of drug-likeness (QED) is 0.737. The molecule has 0 radical (unpaired) electrons. The Morgan fingerprint density at radius 3 is 2.45 bits per heavy atom. The van der Waals surface area contributed by atoms with Crippen molar-refractivity contribution in [3.05, 3.63) is 65.6 Å². The molecule has 3 rings (SSSR count). The van der Waals surface area contributed by atoms with Crippen molar-refractivity contribution in [3.8, 4) is 0 Å². The summed E-state index contributed by atoms with van der Waals surface area (Å²) in [4.78, 5) is 3.06. The lowest BCUT2D eigenvalue weighted by Gasteiger charge is -2.09. The van der Waals surface area contributed by atoms with Crippen LogP contribution in [0.1, 0.15) is 5.56 Å². The second-order valence-electron chi connectivity index (χ2n) is 4.50. The standard InChI is InChI=1S/C15H11F3N2/c16-11-6-12(17)15(13(18)7-11)20-8-9-1-2-10-3-4-19-14(10)5-9/h1-7,19-20H,8H2. The summed E-state index contributed by atoms with van der Waals surface area (Å²) in [6, 6.07) is 8.91. The zero-order valence-electron chi connectivity index (χ0n) is 10.4. The molecule has 0 unspecified atom stereocenters. The summed E-state index contributed by atoms with van der Waals surface area (Å²) in [6.07, 6.45) is 1.82. The molecule has 0 aliphatic carbocycles. The maximum Gasteiger partial charge on any atom is 0.152 e. The van der Waals surface area contributed by atoms with Crippen LogP contribution in [0.2, 0.25) is 0 Å². The lowest BCUT2D eigenvalue weighted by atomic mass is 10.1. The van der Waals surface area contributed by atoms with E-state index in [1.54, 1.807) is 0 Å². The van der Waals surface area contributed by atoms with Crippen molar-refractivity contribution in [3.63, 3.8) is 0 Å². The number of nitrogens with one attached hydrogen (secondary N) is 2. The highest BCUT2D eigenvalue weighted by atomic mass is 19.1. The van der Waals surface area contributed by atoms with E-state index in [0.717, 1.165) is 16.5 Å². The summed E-state index contributed by atoms with van der Waals surface area (Å²) in [5, 5.41) is 3.71. The second-order valence-corrected chi connectivity index (χ2v) is 4.50. The molecule has 0 aliphatic rings. The molecular weight excluding hydrogens is 265 g/mol. The number of anilines is 1. The average molecular weight is 276 g/mol. The van der Waals surface area contributed by atoms with Gasteiger partial charge in [0.1, 0.15) is 11.5 Å². The molecule has 0 aliphatic heterocycles. The number of aromatic nitrogens is 1. The van der Waals surface area contributed by atoms with Gasteiger partial charge >= 0.3 is 0 Å². The van der Waals surface area contributed by atoms with Crippen molar-refractivity contribution in [2.24, 2.45) is 0 Å². The number of hydrogen-bond acceptors (Lipinski definition) is 1. The number of fused-ring (bicyclic) bond motifs is 1. The second kappa shape index (κ2) is 4.92. The van der Waals surface area contributed by atoms with Crippen molar-refractivity contribution in [1.29, 1.82) is 0 Å². The highest BCUT2D eigenvalue weighted by molar-refractivity contribution is 5.79. The van der Waals surface area contributed by atoms with Crippen LogP contribution in [-0.4, -0.2) is 4.98 Å². The van der Waals surface area contributed by atoms with Crippen molar-refractivity contribution in [2.75, 3.05) is 5.32 Å². The van der Waals surface area contributed by atoms with Gasteiger partial charge in [0.25, 0.3) is 0 Å². The Morgan fingerprint density at radius 1 is 0.950 bits per heavy atom. The molecule has 2 N–H and O–H groups in total. The molecule has 3 aromatic rings. The molecule has 20 heavy (non-hydrogen) atoms. The van der Waals surface area contributed by atoms with Gasteiger partial charge in [-0.1, -0.05) is 12.1 Å². The van der Waals surface area contributed by atoms with Crippen LogP contribution in [0, 0.1) is 17.5 Å². The van der Waals surface area contributed by atoms with Crippen LogP contribution in [0.3, 0.4) is 0 Å². The Hall–Kier alpha value is -2.43. The van der Waals surface area contributed by atoms with Gasteiger partial charge in [-0.3, -0.25) is 0 Å². The number of hydrogen-bond donors (Lipinski definition) is 2. The zero-order chi connectivity index (χ0) is 14.1.